The first-order valence-electron chi connectivity index (χ1n) is 9.50. The van der Waals surface area contributed by atoms with Crippen LogP contribution in [0.15, 0.2) is 66.9 Å². The zero-order valence-corrected chi connectivity index (χ0v) is 15.3. The molecule has 3 aromatic rings. The van der Waals surface area contributed by atoms with E-state index in [1.54, 1.807) is 6.20 Å². The molecule has 1 fully saturated rings. The minimum Gasteiger partial charge on any atom is -0.352 e. The summed E-state index contributed by atoms with van der Waals surface area (Å²) in [4.78, 5) is 12.5. The van der Waals surface area contributed by atoms with Crippen molar-refractivity contribution in [2.75, 3.05) is 19.6 Å². The van der Waals surface area contributed by atoms with Gasteiger partial charge in [-0.1, -0.05) is 36.4 Å². The van der Waals surface area contributed by atoms with Gasteiger partial charge in [-0.2, -0.15) is 5.10 Å². The Morgan fingerprint density at radius 3 is 2.85 bits per heavy atom. The molecule has 5 heteroatoms. The van der Waals surface area contributed by atoms with Crippen LogP contribution in [0.4, 0.5) is 0 Å². The Morgan fingerprint density at radius 1 is 1.15 bits per heavy atom. The van der Waals surface area contributed by atoms with Gasteiger partial charge < -0.3 is 10.6 Å². The molecule has 2 N–H and O–H groups in total. The lowest BCUT2D eigenvalue weighted by atomic mass is 10.1. The lowest BCUT2D eigenvalue weighted by Gasteiger charge is -2.11. The molecule has 1 atom stereocenters. The van der Waals surface area contributed by atoms with E-state index in [0.29, 0.717) is 18.0 Å². The lowest BCUT2D eigenvalue weighted by Crippen LogP contribution is -2.26. The van der Waals surface area contributed by atoms with Crippen molar-refractivity contribution < 1.29 is 4.79 Å². The van der Waals surface area contributed by atoms with Crippen LogP contribution in [-0.4, -0.2) is 35.3 Å². The van der Waals surface area contributed by atoms with Crippen molar-refractivity contribution in [3.63, 3.8) is 0 Å². The van der Waals surface area contributed by atoms with Gasteiger partial charge in [0, 0.05) is 17.7 Å². The number of hydrogen-bond acceptors (Lipinski definition) is 3. The molecule has 27 heavy (non-hydrogen) atoms. The fourth-order valence-electron chi connectivity index (χ4n) is 3.57. The summed E-state index contributed by atoms with van der Waals surface area (Å²) in [6, 6.07) is 19.7. The van der Waals surface area contributed by atoms with Crippen LogP contribution in [0.25, 0.3) is 16.9 Å². The highest BCUT2D eigenvalue weighted by Crippen LogP contribution is 2.22. The lowest BCUT2D eigenvalue weighted by molar-refractivity contribution is 0.0951. The Hall–Kier alpha value is -2.92. The monoisotopic (exact) mass is 360 g/mol. The van der Waals surface area contributed by atoms with Crippen molar-refractivity contribution >= 4 is 5.91 Å². The van der Waals surface area contributed by atoms with Crippen molar-refractivity contribution in [3.8, 4) is 16.9 Å². The number of carbonyl (C=O) groups excluding carboxylic acids is 1. The molecule has 1 amide bonds. The van der Waals surface area contributed by atoms with Crippen LogP contribution < -0.4 is 10.6 Å². The molecule has 1 aromatic heterocycles. The van der Waals surface area contributed by atoms with E-state index in [1.807, 2.05) is 53.2 Å². The number of amides is 1. The fourth-order valence-corrected chi connectivity index (χ4v) is 3.57. The van der Waals surface area contributed by atoms with E-state index in [0.717, 1.165) is 36.5 Å². The third-order valence-electron chi connectivity index (χ3n) is 5.07. The maximum absolute atomic E-state index is 12.5. The average molecular weight is 360 g/mol. The molecule has 1 aliphatic rings. The van der Waals surface area contributed by atoms with E-state index < -0.39 is 0 Å². The minimum absolute atomic E-state index is 0.0313. The molecule has 2 aromatic carbocycles. The maximum atomic E-state index is 12.5. The van der Waals surface area contributed by atoms with Crippen LogP contribution in [0.5, 0.6) is 0 Å². The standard InChI is InChI=1S/C22H24N4O/c27-22(24-13-10-17-9-12-23-16-17)19-7-4-8-20(15-19)26-21(11-14-25-26)18-5-2-1-3-6-18/h1-8,11,14-15,17,23H,9-10,12-13,16H2,(H,24,27). The first kappa shape index (κ1) is 17.5. The molecule has 0 saturated carbocycles. The number of aromatic nitrogens is 2. The number of nitrogens with one attached hydrogen (secondary N) is 2. The second-order valence-corrected chi connectivity index (χ2v) is 6.95. The second-order valence-electron chi connectivity index (χ2n) is 6.95. The summed E-state index contributed by atoms with van der Waals surface area (Å²) in [6.45, 7) is 2.87. The first-order valence-corrected chi connectivity index (χ1v) is 9.50. The molecule has 1 aliphatic heterocycles. The van der Waals surface area contributed by atoms with Gasteiger partial charge in [0.1, 0.15) is 0 Å². The number of rotatable bonds is 6. The summed E-state index contributed by atoms with van der Waals surface area (Å²) < 4.78 is 1.87. The van der Waals surface area contributed by atoms with Crippen LogP contribution in [0, 0.1) is 5.92 Å². The van der Waals surface area contributed by atoms with E-state index in [1.165, 1.54) is 6.42 Å². The van der Waals surface area contributed by atoms with Crippen LogP contribution in [0.3, 0.4) is 0 Å². The third kappa shape index (κ3) is 4.09. The van der Waals surface area contributed by atoms with Gasteiger partial charge in [-0.25, -0.2) is 4.68 Å². The van der Waals surface area contributed by atoms with E-state index in [2.05, 4.69) is 27.9 Å². The van der Waals surface area contributed by atoms with Crippen LogP contribution in [0.1, 0.15) is 23.2 Å². The van der Waals surface area contributed by atoms with Crippen molar-refractivity contribution in [2.45, 2.75) is 12.8 Å². The minimum atomic E-state index is -0.0313. The van der Waals surface area contributed by atoms with E-state index in [4.69, 9.17) is 0 Å². The molecule has 0 aliphatic carbocycles. The summed E-state index contributed by atoms with van der Waals surface area (Å²) in [5.74, 6) is 0.644. The molecule has 1 saturated heterocycles. The van der Waals surface area contributed by atoms with Crippen LogP contribution in [0.2, 0.25) is 0 Å². The number of hydrogen-bond donors (Lipinski definition) is 2. The Labute approximate surface area is 159 Å². The predicted molar refractivity (Wildman–Crippen MR) is 107 cm³/mol. The Balaban J connectivity index is 1.48. The summed E-state index contributed by atoms with van der Waals surface area (Å²) >= 11 is 0. The van der Waals surface area contributed by atoms with E-state index in [9.17, 15) is 4.79 Å². The fraction of sp³-hybridized carbons (Fsp3) is 0.273. The molecule has 0 radical (unpaired) electrons. The SMILES string of the molecule is O=C(NCCC1CCNC1)c1cccc(-n2nccc2-c2ccccc2)c1. The van der Waals surface area contributed by atoms with E-state index in [-0.39, 0.29) is 5.91 Å². The van der Waals surface area contributed by atoms with Gasteiger partial charge in [-0.3, -0.25) is 4.79 Å². The average Bonchev–Trinajstić information content (AvgIpc) is 3.41. The predicted octanol–water partition coefficient (Wildman–Crippen LogP) is 3.27. The molecule has 5 nitrogen and oxygen atoms in total. The molecular weight excluding hydrogens is 336 g/mol. The smallest absolute Gasteiger partial charge is 0.251 e. The summed E-state index contributed by atoms with van der Waals surface area (Å²) in [5.41, 5.74) is 3.63. The Bertz CT molecular complexity index is 897. The molecule has 0 bridgehead atoms. The first-order chi connectivity index (χ1) is 13.3. The van der Waals surface area contributed by atoms with Gasteiger partial charge in [0.15, 0.2) is 0 Å². The Morgan fingerprint density at radius 2 is 2.04 bits per heavy atom. The number of benzene rings is 2. The van der Waals surface area contributed by atoms with Crippen molar-refractivity contribution in [1.82, 2.24) is 20.4 Å². The normalized spacial score (nSPS) is 16.4. The van der Waals surface area contributed by atoms with Crippen molar-refractivity contribution in [1.29, 1.82) is 0 Å². The van der Waals surface area contributed by atoms with Crippen molar-refractivity contribution in [2.24, 2.45) is 5.92 Å². The zero-order valence-electron chi connectivity index (χ0n) is 15.3. The number of nitrogens with zero attached hydrogens (tertiary/aromatic N) is 2. The highest BCUT2D eigenvalue weighted by molar-refractivity contribution is 5.94. The van der Waals surface area contributed by atoms with Gasteiger partial charge in [-0.15, -0.1) is 0 Å². The maximum Gasteiger partial charge on any atom is 0.251 e. The van der Waals surface area contributed by atoms with Gasteiger partial charge in [0.25, 0.3) is 5.91 Å². The van der Waals surface area contributed by atoms with Crippen molar-refractivity contribution in [3.05, 3.63) is 72.4 Å². The molecule has 138 valence electrons. The molecule has 1 unspecified atom stereocenters. The molecule has 0 spiro atoms. The summed E-state index contributed by atoms with van der Waals surface area (Å²) in [6.07, 6.45) is 4.01. The topological polar surface area (TPSA) is 59.0 Å². The third-order valence-corrected chi connectivity index (χ3v) is 5.07. The molecule has 2 heterocycles. The van der Waals surface area contributed by atoms with Gasteiger partial charge in [-0.05, 0) is 56.1 Å². The quantitative estimate of drug-likeness (QED) is 0.709. The van der Waals surface area contributed by atoms with Gasteiger partial charge in [0.05, 0.1) is 17.6 Å². The summed E-state index contributed by atoms with van der Waals surface area (Å²) in [7, 11) is 0. The summed E-state index contributed by atoms with van der Waals surface area (Å²) in [5, 5.41) is 10.9. The van der Waals surface area contributed by atoms with Gasteiger partial charge >= 0.3 is 0 Å². The van der Waals surface area contributed by atoms with Crippen LogP contribution in [-0.2, 0) is 0 Å². The van der Waals surface area contributed by atoms with Gasteiger partial charge in [0.2, 0.25) is 0 Å². The Kier molecular flexibility index (Phi) is 5.30. The second kappa shape index (κ2) is 8.18. The van der Waals surface area contributed by atoms with E-state index >= 15 is 0 Å². The zero-order chi connectivity index (χ0) is 18.5. The highest BCUT2D eigenvalue weighted by Gasteiger charge is 2.15. The highest BCUT2D eigenvalue weighted by atomic mass is 16.1. The molecule has 4 rings (SSSR count). The van der Waals surface area contributed by atoms with Crippen LogP contribution >= 0.6 is 0 Å². The largest absolute Gasteiger partial charge is 0.352 e. The number of carbonyl (C=O) groups is 1. The molecular formula is C22H24N4O.